The minimum Gasteiger partial charge on any atom is -0.307 e. The lowest BCUT2D eigenvalue weighted by Crippen LogP contribution is -2.32. The van der Waals surface area contributed by atoms with Gasteiger partial charge in [-0.3, -0.25) is 0 Å². The zero-order chi connectivity index (χ0) is 13.2. The van der Waals surface area contributed by atoms with Crippen LogP contribution >= 0.6 is 11.8 Å². The van der Waals surface area contributed by atoms with Crippen molar-refractivity contribution in [3.05, 3.63) is 18.3 Å². The number of thioether (sulfide) groups is 1. The van der Waals surface area contributed by atoms with Crippen molar-refractivity contribution in [2.75, 3.05) is 18.2 Å². The molecule has 1 aromatic rings. The molecule has 6 nitrogen and oxygen atoms in total. The van der Waals surface area contributed by atoms with Crippen molar-refractivity contribution in [1.82, 2.24) is 9.71 Å². The van der Waals surface area contributed by atoms with Gasteiger partial charge in [0.15, 0.2) is 5.82 Å². The Hall–Kier alpha value is -0.830. The van der Waals surface area contributed by atoms with E-state index < -0.39 is 10.0 Å². The normalized spacial score (nSPS) is 17.4. The van der Waals surface area contributed by atoms with Crippen molar-refractivity contribution in [3.63, 3.8) is 0 Å². The van der Waals surface area contributed by atoms with E-state index in [1.165, 1.54) is 12.3 Å². The van der Waals surface area contributed by atoms with Crippen molar-refractivity contribution in [2.45, 2.75) is 22.5 Å². The molecule has 0 radical (unpaired) electrons. The lowest BCUT2D eigenvalue weighted by Gasteiger charge is -2.14. The van der Waals surface area contributed by atoms with Crippen molar-refractivity contribution in [2.24, 2.45) is 5.84 Å². The Labute approximate surface area is 111 Å². The number of nitrogen functional groups attached to an aromatic ring is 1. The number of hydrogen-bond donors (Lipinski definition) is 3. The Morgan fingerprint density at radius 3 is 2.83 bits per heavy atom. The second kappa shape index (κ2) is 5.04. The van der Waals surface area contributed by atoms with Crippen molar-refractivity contribution in [3.8, 4) is 0 Å². The van der Waals surface area contributed by atoms with Crippen molar-refractivity contribution < 1.29 is 8.42 Å². The van der Waals surface area contributed by atoms with Crippen LogP contribution in [0.2, 0.25) is 0 Å². The van der Waals surface area contributed by atoms with Crippen LogP contribution in [0.3, 0.4) is 0 Å². The molecule has 100 valence electrons. The lowest BCUT2D eigenvalue weighted by atomic mass is 10.4. The smallest absolute Gasteiger partial charge is 0.244 e. The van der Waals surface area contributed by atoms with Crippen LogP contribution in [0, 0.1) is 0 Å². The highest BCUT2D eigenvalue weighted by Crippen LogP contribution is 2.46. The minimum atomic E-state index is -3.57. The number of anilines is 1. The zero-order valence-corrected chi connectivity index (χ0v) is 11.6. The van der Waals surface area contributed by atoms with Gasteiger partial charge < -0.3 is 5.43 Å². The van der Waals surface area contributed by atoms with E-state index in [1.54, 1.807) is 17.8 Å². The third-order valence-corrected chi connectivity index (χ3v) is 5.87. The maximum absolute atomic E-state index is 12.1. The van der Waals surface area contributed by atoms with Crippen LogP contribution in [-0.4, -0.2) is 30.9 Å². The standard InChI is InChI=1S/C10H16N4O2S2/c1-17-10(4-5-10)7-13-18(15,16)8-3-2-6-12-9(8)14-11/h2-3,6,13H,4-5,7,11H2,1H3,(H,12,14). The first-order chi connectivity index (χ1) is 8.53. The van der Waals surface area contributed by atoms with E-state index in [1.807, 2.05) is 6.26 Å². The first-order valence-corrected chi connectivity index (χ1v) is 8.20. The quantitative estimate of drug-likeness (QED) is 0.522. The highest BCUT2D eigenvalue weighted by Gasteiger charge is 2.42. The van der Waals surface area contributed by atoms with E-state index in [9.17, 15) is 8.42 Å². The van der Waals surface area contributed by atoms with Crippen molar-refractivity contribution in [1.29, 1.82) is 0 Å². The van der Waals surface area contributed by atoms with Gasteiger partial charge in [-0.1, -0.05) is 0 Å². The molecule has 0 bridgehead atoms. The molecule has 0 amide bonds. The van der Waals surface area contributed by atoms with Gasteiger partial charge in [0.2, 0.25) is 10.0 Å². The second-order valence-electron chi connectivity index (χ2n) is 4.21. The predicted octanol–water partition coefficient (Wildman–Crippen LogP) is 0.541. The van der Waals surface area contributed by atoms with E-state index in [4.69, 9.17) is 5.84 Å². The monoisotopic (exact) mass is 288 g/mol. The zero-order valence-electron chi connectivity index (χ0n) is 10.0. The summed E-state index contributed by atoms with van der Waals surface area (Å²) in [5, 5.41) is 0. The fourth-order valence-electron chi connectivity index (χ4n) is 1.61. The van der Waals surface area contributed by atoms with Crippen LogP contribution in [0.5, 0.6) is 0 Å². The highest BCUT2D eigenvalue weighted by molar-refractivity contribution is 8.00. The Kier molecular flexibility index (Phi) is 3.81. The van der Waals surface area contributed by atoms with Gasteiger partial charge in [0.25, 0.3) is 0 Å². The summed E-state index contributed by atoms with van der Waals surface area (Å²) in [6, 6.07) is 3.04. The summed E-state index contributed by atoms with van der Waals surface area (Å²) >= 11 is 1.70. The Bertz CT molecular complexity index is 528. The molecule has 8 heteroatoms. The number of nitrogens with zero attached hydrogens (tertiary/aromatic N) is 1. The molecule has 18 heavy (non-hydrogen) atoms. The van der Waals surface area contributed by atoms with E-state index in [0.717, 1.165) is 12.8 Å². The Balaban J connectivity index is 2.15. The summed E-state index contributed by atoms with van der Waals surface area (Å²) in [4.78, 5) is 3.96. The summed E-state index contributed by atoms with van der Waals surface area (Å²) in [6.07, 6.45) is 5.58. The molecular formula is C10H16N4O2S2. The summed E-state index contributed by atoms with van der Waals surface area (Å²) in [6.45, 7) is 0.440. The third kappa shape index (κ3) is 2.77. The maximum Gasteiger partial charge on any atom is 0.244 e. The number of aromatic nitrogens is 1. The topological polar surface area (TPSA) is 97.1 Å². The second-order valence-corrected chi connectivity index (χ2v) is 7.22. The molecule has 1 saturated carbocycles. The molecule has 0 aromatic carbocycles. The van der Waals surface area contributed by atoms with Gasteiger partial charge in [-0.25, -0.2) is 24.0 Å². The van der Waals surface area contributed by atoms with Crippen LogP contribution in [0.1, 0.15) is 12.8 Å². The van der Waals surface area contributed by atoms with Gasteiger partial charge in [0, 0.05) is 17.5 Å². The van der Waals surface area contributed by atoms with E-state index in [2.05, 4.69) is 15.1 Å². The average molecular weight is 288 g/mol. The van der Waals surface area contributed by atoms with Crippen molar-refractivity contribution >= 4 is 27.6 Å². The largest absolute Gasteiger partial charge is 0.307 e. The van der Waals surface area contributed by atoms with Gasteiger partial charge in [-0.2, -0.15) is 11.8 Å². The van der Waals surface area contributed by atoms with Crippen LogP contribution in [-0.2, 0) is 10.0 Å². The fourth-order valence-corrected chi connectivity index (χ4v) is 3.68. The number of nitrogens with two attached hydrogens (primary N) is 1. The summed E-state index contributed by atoms with van der Waals surface area (Å²) in [5.74, 6) is 5.41. The molecule has 0 saturated heterocycles. The molecule has 0 atom stereocenters. The van der Waals surface area contributed by atoms with Gasteiger partial charge in [0.05, 0.1) is 0 Å². The molecule has 0 unspecified atom stereocenters. The molecular weight excluding hydrogens is 272 g/mol. The van der Waals surface area contributed by atoms with Gasteiger partial charge in [0.1, 0.15) is 4.90 Å². The van der Waals surface area contributed by atoms with E-state index >= 15 is 0 Å². The van der Waals surface area contributed by atoms with Crippen LogP contribution in [0.4, 0.5) is 5.82 Å². The summed E-state index contributed by atoms with van der Waals surface area (Å²) in [7, 11) is -3.57. The molecule has 1 aromatic heterocycles. The lowest BCUT2D eigenvalue weighted by molar-refractivity contribution is 0.579. The minimum absolute atomic E-state index is 0.0735. The van der Waals surface area contributed by atoms with E-state index in [-0.39, 0.29) is 15.5 Å². The molecule has 0 aliphatic heterocycles. The average Bonchev–Trinajstić information content (AvgIpc) is 3.17. The number of nitrogens with one attached hydrogen (secondary N) is 2. The highest BCUT2D eigenvalue weighted by atomic mass is 32.2. The molecule has 1 fully saturated rings. The Morgan fingerprint density at radius 2 is 2.28 bits per heavy atom. The molecule has 2 rings (SSSR count). The van der Waals surface area contributed by atoms with Crippen LogP contribution in [0.15, 0.2) is 23.2 Å². The predicted molar refractivity (Wildman–Crippen MR) is 72.7 cm³/mol. The number of hydrazine groups is 1. The number of hydrogen-bond acceptors (Lipinski definition) is 6. The summed E-state index contributed by atoms with van der Waals surface area (Å²) in [5.41, 5.74) is 2.29. The van der Waals surface area contributed by atoms with E-state index in [0.29, 0.717) is 6.54 Å². The maximum atomic E-state index is 12.1. The molecule has 0 spiro atoms. The molecule has 1 aliphatic carbocycles. The first kappa shape index (κ1) is 13.6. The number of sulfonamides is 1. The van der Waals surface area contributed by atoms with Gasteiger partial charge >= 0.3 is 0 Å². The number of pyridine rings is 1. The van der Waals surface area contributed by atoms with Gasteiger partial charge in [-0.15, -0.1) is 0 Å². The van der Waals surface area contributed by atoms with Crippen LogP contribution in [0.25, 0.3) is 0 Å². The number of rotatable bonds is 6. The molecule has 1 heterocycles. The Morgan fingerprint density at radius 1 is 1.56 bits per heavy atom. The summed E-state index contributed by atoms with van der Waals surface area (Å²) < 4.78 is 27.0. The molecule has 4 N–H and O–H groups in total. The van der Waals surface area contributed by atoms with Gasteiger partial charge in [-0.05, 0) is 31.2 Å². The fraction of sp³-hybridized carbons (Fsp3) is 0.500. The SMILES string of the molecule is CSC1(CNS(=O)(=O)c2cccnc2NN)CC1. The molecule has 1 aliphatic rings. The van der Waals surface area contributed by atoms with Crippen LogP contribution < -0.4 is 16.0 Å². The third-order valence-electron chi connectivity index (χ3n) is 3.02. The first-order valence-electron chi connectivity index (χ1n) is 5.49.